The van der Waals surface area contributed by atoms with Gasteiger partial charge in [-0.2, -0.15) is 0 Å². The van der Waals surface area contributed by atoms with Gasteiger partial charge in [-0.05, 0) is 12.5 Å². The van der Waals surface area contributed by atoms with Gasteiger partial charge < -0.3 is 19.7 Å². The van der Waals surface area contributed by atoms with Gasteiger partial charge in [0.25, 0.3) is 0 Å². The summed E-state index contributed by atoms with van der Waals surface area (Å²) in [6.45, 7) is 2.05. The van der Waals surface area contributed by atoms with Crippen molar-refractivity contribution < 1.29 is 14.0 Å². The highest BCUT2D eigenvalue weighted by atomic mass is 16.5. The molecule has 0 atom stereocenters. The Morgan fingerprint density at radius 1 is 1.22 bits per heavy atom. The maximum Gasteiger partial charge on any atom is 0.169 e. The summed E-state index contributed by atoms with van der Waals surface area (Å²) in [5.41, 5.74) is 7.50. The Bertz CT molecular complexity index is 549. The van der Waals surface area contributed by atoms with Crippen molar-refractivity contribution in [3.05, 3.63) is 23.8 Å². The molecule has 2 rings (SSSR count). The highest BCUT2D eigenvalue weighted by molar-refractivity contribution is 5.69. The summed E-state index contributed by atoms with van der Waals surface area (Å²) in [4.78, 5) is 0. The first-order valence-electron chi connectivity index (χ1n) is 5.67. The second kappa shape index (κ2) is 5.00. The van der Waals surface area contributed by atoms with Crippen molar-refractivity contribution in [3.8, 4) is 22.8 Å². The van der Waals surface area contributed by atoms with Crippen molar-refractivity contribution in [2.24, 2.45) is 0 Å². The molecule has 0 unspecified atom stereocenters. The van der Waals surface area contributed by atoms with Gasteiger partial charge in [0.05, 0.1) is 14.2 Å². The molecule has 1 aromatic carbocycles. The predicted octanol–water partition coefficient (Wildman–Crippen LogP) is 2.50. The number of nitrogens with zero attached hydrogens (tertiary/aromatic N) is 1. The Labute approximate surface area is 105 Å². The van der Waals surface area contributed by atoms with Crippen molar-refractivity contribution in [3.63, 3.8) is 0 Å². The number of ether oxygens (including phenoxy) is 2. The Morgan fingerprint density at radius 2 is 2.00 bits per heavy atom. The lowest BCUT2D eigenvalue weighted by atomic mass is 10.0. The minimum atomic E-state index is 0.355. The van der Waals surface area contributed by atoms with Crippen LogP contribution >= 0.6 is 0 Å². The van der Waals surface area contributed by atoms with Crippen LogP contribution in [0.3, 0.4) is 0 Å². The maximum atomic E-state index is 5.58. The molecule has 0 saturated heterocycles. The van der Waals surface area contributed by atoms with E-state index in [1.54, 1.807) is 20.3 Å². The number of aromatic nitrogens is 1. The molecule has 0 aliphatic rings. The maximum absolute atomic E-state index is 5.58. The van der Waals surface area contributed by atoms with Crippen molar-refractivity contribution in [2.75, 3.05) is 20.0 Å². The highest BCUT2D eigenvalue weighted by Gasteiger charge is 2.15. The van der Waals surface area contributed by atoms with Gasteiger partial charge in [0.1, 0.15) is 11.5 Å². The van der Waals surface area contributed by atoms with Gasteiger partial charge >= 0.3 is 0 Å². The van der Waals surface area contributed by atoms with Crippen molar-refractivity contribution in [2.45, 2.75) is 13.3 Å². The number of methoxy groups -OCH3 is 2. The minimum Gasteiger partial charge on any atom is -0.497 e. The molecule has 2 N–H and O–H groups in total. The SMILES string of the molecule is CCc1c(OC)cc(OC)cc1-c1cc(N)no1. The van der Waals surface area contributed by atoms with Gasteiger partial charge in [0.15, 0.2) is 11.6 Å². The number of benzene rings is 1. The Balaban J connectivity index is 2.63. The van der Waals surface area contributed by atoms with Gasteiger partial charge in [-0.15, -0.1) is 0 Å². The topological polar surface area (TPSA) is 70.5 Å². The fourth-order valence-electron chi connectivity index (χ4n) is 1.92. The van der Waals surface area contributed by atoms with Crippen LogP contribution in [0.4, 0.5) is 5.82 Å². The number of nitrogen functional groups attached to an aromatic ring is 1. The first-order valence-corrected chi connectivity index (χ1v) is 5.67. The summed E-state index contributed by atoms with van der Waals surface area (Å²) in [5, 5.41) is 3.70. The van der Waals surface area contributed by atoms with Crippen LogP contribution in [0.2, 0.25) is 0 Å². The summed E-state index contributed by atoms with van der Waals surface area (Å²) >= 11 is 0. The molecule has 0 aliphatic heterocycles. The van der Waals surface area contributed by atoms with E-state index in [1.807, 2.05) is 19.1 Å². The Kier molecular flexibility index (Phi) is 3.41. The van der Waals surface area contributed by atoms with Gasteiger partial charge in [0.2, 0.25) is 0 Å². The zero-order valence-corrected chi connectivity index (χ0v) is 10.7. The van der Waals surface area contributed by atoms with Crippen LogP contribution in [0, 0.1) is 0 Å². The van der Waals surface area contributed by atoms with E-state index in [4.69, 9.17) is 19.7 Å². The molecule has 0 bridgehead atoms. The molecule has 5 nitrogen and oxygen atoms in total. The molecule has 1 aromatic heterocycles. The molecule has 96 valence electrons. The highest BCUT2D eigenvalue weighted by Crippen LogP contribution is 2.36. The molecular weight excluding hydrogens is 232 g/mol. The molecule has 0 fully saturated rings. The molecule has 1 heterocycles. The average Bonchev–Trinajstić information content (AvgIpc) is 2.83. The second-order valence-corrected chi connectivity index (χ2v) is 3.83. The zero-order chi connectivity index (χ0) is 13.1. The van der Waals surface area contributed by atoms with Crippen LogP contribution in [0.15, 0.2) is 22.7 Å². The summed E-state index contributed by atoms with van der Waals surface area (Å²) in [6.07, 6.45) is 0.809. The number of nitrogens with two attached hydrogens (primary N) is 1. The number of rotatable bonds is 4. The zero-order valence-electron chi connectivity index (χ0n) is 10.7. The number of hydrogen-bond acceptors (Lipinski definition) is 5. The standard InChI is InChI=1S/C13H16N2O3/c1-4-9-10(12-7-13(14)15-18-12)5-8(16-2)6-11(9)17-3/h5-7H,4H2,1-3H3,(H2,14,15). The van der Waals surface area contributed by atoms with E-state index in [0.29, 0.717) is 17.3 Å². The molecule has 0 amide bonds. The fraction of sp³-hybridized carbons (Fsp3) is 0.308. The first-order chi connectivity index (χ1) is 8.69. The van der Waals surface area contributed by atoms with Crippen LogP contribution in [0.5, 0.6) is 11.5 Å². The smallest absolute Gasteiger partial charge is 0.169 e. The molecule has 0 saturated carbocycles. The molecule has 18 heavy (non-hydrogen) atoms. The monoisotopic (exact) mass is 248 g/mol. The van der Waals surface area contributed by atoms with Crippen LogP contribution in [0.25, 0.3) is 11.3 Å². The molecular formula is C13H16N2O3. The second-order valence-electron chi connectivity index (χ2n) is 3.83. The van der Waals surface area contributed by atoms with E-state index < -0.39 is 0 Å². The van der Waals surface area contributed by atoms with Crippen LogP contribution in [-0.2, 0) is 6.42 Å². The largest absolute Gasteiger partial charge is 0.497 e. The minimum absolute atomic E-state index is 0.355. The lowest BCUT2D eigenvalue weighted by Gasteiger charge is -2.12. The third kappa shape index (κ3) is 2.11. The van der Waals surface area contributed by atoms with E-state index in [9.17, 15) is 0 Å². The molecule has 5 heteroatoms. The van der Waals surface area contributed by atoms with Crippen molar-refractivity contribution in [1.29, 1.82) is 0 Å². The molecule has 2 aromatic rings. The quantitative estimate of drug-likeness (QED) is 0.900. The van der Waals surface area contributed by atoms with Crippen LogP contribution in [0.1, 0.15) is 12.5 Å². The van der Waals surface area contributed by atoms with Gasteiger partial charge in [-0.25, -0.2) is 0 Å². The van der Waals surface area contributed by atoms with E-state index in [0.717, 1.165) is 23.3 Å². The van der Waals surface area contributed by atoms with Crippen LogP contribution < -0.4 is 15.2 Å². The van der Waals surface area contributed by atoms with E-state index in [2.05, 4.69) is 5.16 Å². The normalized spacial score (nSPS) is 10.4. The first kappa shape index (κ1) is 12.3. The van der Waals surface area contributed by atoms with Gasteiger partial charge in [-0.1, -0.05) is 12.1 Å². The number of anilines is 1. The lowest BCUT2D eigenvalue weighted by molar-refractivity contribution is 0.390. The van der Waals surface area contributed by atoms with Gasteiger partial charge in [0, 0.05) is 23.3 Å². The number of hydrogen-bond donors (Lipinski definition) is 1. The Morgan fingerprint density at radius 3 is 2.50 bits per heavy atom. The van der Waals surface area contributed by atoms with E-state index >= 15 is 0 Å². The third-order valence-electron chi connectivity index (χ3n) is 2.79. The summed E-state index contributed by atoms with van der Waals surface area (Å²) in [6, 6.07) is 5.43. The molecule has 0 radical (unpaired) electrons. The van der Waals surface area contributed by atoms with Crippen molar-refractivity contribution >= 4 is 5.82 Å². The van der Waals surface area contributed by atoms with E-state index in [-0.39, 0.29) is 0 Å². The predicted molar refractivity (Wildman–Crippen MR) is 68.8 cm³/mol. The Hall–Kier alpha value is -2.17. The molecule has 0 aliphatic carbocycles. The summed E-state index contributed by atoms with van der Waals surface area (Å²) < 4.78 is 15.8. The third-order valence-corrected chi connectivity index (χ3v) is 2.79. The van der Waals surface area contributed by atoms with Gasteiger partial charge in [-0.3, -0.25) is 0 Å². The van der Waals surface area contributed by atoms with Crippen LogP contribution in [-0.4, -0.2) is 19.4 Å². The fourth-order valence-corrected chi connectivity index (χ4v) is 1.92. The lowest BCUT2D eigenvalue weighted by Crippen LogP contribution is -1.96. The molecule has 0 spiro atoms. The summed E-state index contributed by atoms with van der Waals surface area (Å²) in [5.74, 6) is 2.44. The average molecular weight is 248 g/mol. The van der Waals surface area contributed by atoms with Crippen molar-refractivity contribution in [1.82, 2.24) is 5.16 Å². The summed E-state index contributed by atoms with van der Waals surface area (Å²) in [7, 11) is 3.24. The van der Waals surface area contributed by atoms with E-state index in [1.165, 1.54) is 0 Å².